The van der Waals surface area contributed by atoms with Crippen LogP contribution in [0.2, 0.25) is 0 Å². The van der Waals surface area contributed by atoms with E-state index in [1.165, 1.54) is 0 Å². The molecule has 0 saturated heterocycles. The first-order valence-corrected chi connectivity index (χ1v) is 6.47. The van der Waals surface area contributed by atoms with Crippen molar-refractivity contribution in [3.8, 4) is 11.3 Å². The van der Waals surface area contributed by atoms with E-state index in [-0.39, 0.29) is 0 Å². The van der Waals surface area contributed by atoms with Crippen LogP contribution in [0.1, 0.15) is 34.8 Å². The normalized spacial score (nSPS) is 14.8. The number of hydrogen-bond donors (Lipinski definition) is 1. The number of nitrogens with zero attached hydrogens (tertiary/aromatic N) is 1. The van der Waals surface area contributed by atoms with Gasteiger partial charge in [0.25, 0.3) is 0 Å². The Morgan fingerprint density at radius 1 is 1.35 bits per heavy atom. The molecule has 2 aromatic rings. The second-order valence-electron chi connectivity index (χ2n) is 4.22. The molecular formula is C13H11NO2S. The summed E-state index contributed by atoms with van der Waals surface area (Å²) in [5.74, 6) is -0.532. The zero-order chi connectivity index (χ0) is 11.8. The molecule has 1 N–H and O–H groups in total. The fourth-order valence-electron chi connectivity index (χ4n) is 1.89. The van der Waals surface area contributed by atoms with E-state index in [4.69, 9.17) is 5.11 Å². The van der Waals surface area contributed by atoms with Crippen molar-refractivity contribution in [3.05, 3.63) is 40.2 Å². The molecule has 4 heteroatoms. The van der Waals surface area contributed by atoms with E-state index in [9.17, 15) is 4.79 Å². The highest BCUT2D eigenvalue weighted by Gasteiger charge is 2.30. The number of carboxylic acid groups (broad SMARTS) is 1. The van der Waals surface area contributed by atoms with Crippen LogP contribution in [-0.4, -0.2) is 16.1 Å². The van der Waals surface area contributed by atoms with Gasteiger partial charge in [-0.2, -0.15) is 11.3 Å². The molecular weight excluding hydrogens is 234 g/mol. The number of carbonyl (C=O) groups is 1. The minimum atomic E-state index is -0.878. The molecule has 0 aliphatic heterocycles. The maximum absolute atomic E-state index is 11.1. The summed E-state index contributed by atoms with van der Waals surface area (Å²) in [6, 6.07) is 5.47. The third-order valence-electron chi connectivity index (χ3n) is 2.94. The molecule has 0 radical (unpaired) electrons. The summed E-state index contributed by atoms with van der Waals surface area (Å²) in [4.78, 5) is 15.6. The molecule has 0 atom stereocenters. The summed E-state index contributed by atoms with van der Waals surface area (Å²) in [6.45, 7) is 0. The predicted octanol–water partition coefficient (Wildman–Crippen LogP) is 3.39. The van der Waals surface area contributed by atoms with Crippen molar-refractivity contribution in [2.75, 3.05) is 0 Å². The Kier molecular flexibility index (Phi) is 2.44. The van der Waals surface area contributed by atoms with Crippen LogP contribution in [0.4, 0.5) is 0 Å². The highest BCUT2D eigenvalue weighted by molar-refractivity contribution is 7.08. The largest absolute Gasteiger partial charge is 0.478 e. The van der Waals surface area contributed by atoms with Gasteiger partial charge < -0.3 is 5.11 Å². The van der Waals surface area contributed by atoms with Gasteiger partial charge in [0.15, 0.2) is 0 Å². The lowest BCUT2D eigenvalue weighted by atomic mass is 10.1. The lowest BCUT2D eigenvalue weighted by molar-refractivity contribution is 0.0695. The molecule has 0 bridgehead atoms. The van der Waals surface area contributed by atoms with Crippen molar-refractivity contribution >= 4 is 17.3 Å². The minimum Gasteiger partial charge on any atom is -0.478 e. The molecule has 3 nitrogen and oxygen atoms in total. The Labute approximate surface area is 103 Å². The lowest BCUT2D eigenvalue weighted by Crippen LogP contribution is -2.04. The molecule has 0 spiro atoms. The number of thiophene rings is 1. The van der Waals surface area contributed by atoms with Crippen molar-refractivity contribution < 1.29 is 9.90 Å². The second-order valence-corrected chi connectivity index (χ2v) is 5.00. The van der Waals surface area contributed by atoms with Gasteiger partial charge in [0.1, 0.15) is 0 Å². The number of aromatic carboxylic acids is 1. The van der Waals surface area contributed by atoms with E-state index < -0.39 is 5.97 Å². The Morgan fingerprint density at radius 3 is 2.76 bits per heavy atom. The highest BCUT2D eigenvalue weighted by atomic mass is 32.1. The molecule has 17 heavy (non-hydrogen) atoms. The van der Waals surface area contributed by atoms with Crippen molar-refractivity contribution in [2.45, 2.75) is 18.8 Å². The third kappa shape index (κ3) is 1.96. The van der Waals surface area contributed by atoms with Gasteiger partial charge in [0, 0.05) is 16.9 Å². The quantitative estimate of drug-likeness (QED) is 0.901. The highest BCUT2D eigenvalue weighted by Crippen LogP contribution is 2.41. The van der Waals surface area contributed by atoms with E-state index in [1.54, 1.807) is 23.5 Å². The van der Waals surface area contributed by atoms with Crippen molar-refractivity contribution in [3.63, 3.8) is 0 Å². The van der Waals surface area contributed by atoms with Crippen LogP contribution in [0.25, 0.3) is 11.3 Å². The van der Waals surface area contributed by atoms with Gasteiger partial charge in [-0.05, 0) is 36.4 Å². The number of carboxylic acids is 1. The van der Waals surface area contributed by atoms with Crippen LogP contribution in [0, 0.1) is 0 Å². The zero-order valence-electron chi connectivity index (χ0n) is 9.09. The third-order valence-corrected chi connectivity index (χ3v) is 3.62. The number of hydrogen-bond acceptors (Lipinski definition) is 3. The molecule has 2 heterocycles. The summed E-state index contributed by atoms with van der Waals surface area (Å²) in [7, 11) is 0. The van der Waals surface area contributed by atoms with Gasteiger partial charge in [-0.3, -0.25) is 4.98 Å². The number of pyridine rings is 1. The monoisotopic (exact) mass is 245 g/mol. The van der Waals surface area contributed by atoms with Crippen LogP contribution in [0.15, 0.2) is 29.0 Å². The van der Waals surface area contributed by atoms with Crippen LogP contribution < -0.4 is 0 Å². The summed E-state index contributed by atoms with van der Waals surface area (Å²) in [5.41, 5.74) is 3.04. The van der Waals surface area contributed by atoms with Gasteiger partial charge in [0.05, 0.1) is 17.0 Å². The topological polar surface area (TPSA) is 50.2 Å². The fraction of sp³-hybridized carbons (Fsp3) is 0.231. The average Bonchev–Trinajstić information content (AvgIpc) is 3.03. The van der Waals surface area contributed by atoms with Crippen LogP contribution >= 0.6 is 11.3 Å². The Hall–Kier alpha value is -1.68. The van der Waals surface area contributed by atoms with Gasteiger partial charge in [-0.15, -0.1) is 0 Å². The SMILES string of the molecule is O=C(O)c1ccc(-c2ccsc2)nc1C1CC1. The van der Waals surface area contributed by atoms with Crippen molar-refractivity contribution in [1.82, 2.24) is 4.98 Å². The molecule has 0 aromatic carbocycles. The van der Waals surface area contributed by atoms with Gasteiger partial charge in [-0.1, -0.05) is 0 Å². The van der Waals surface area contributed by atoms with E-state index in [1.807, 2.05) is 16.8 Å². The Bertz CT molecular complexity index is 559. The first kappa shape index (κ1) is 10.5. The molecule has 0 unspecified atom stereocenters. The maximum Gasteiger partial charge on any atom is 0.337 e. The Balaban J connectivity index is 2.09. The molecule has 3 rings (SSSR count). The van der Waals surface area contributed by atoms with Gasteiger partial charge in [0.2, 0.25) is 0 Å². The molecule has 1 fully saturated rings. The van der Waals surface area contributed by atoms with E-state index in [0.717, 1.165) is 29.8 Å². The van der Waals surface area contributed by atoms with Gasteiger partial charge >= 0.3 is 5.97 Å². The van der Waals surface area contributed by atoms with E-state index in [0.29, 0.717) is 11.5 Å². The van der Waals surface area contributed by atoms with Gasteiger partial charge in [-0.25, -0.2) is 4.79 Å². The van der Waals surface area contributed by atoms with E-state index >= 15 is 0 Å². The number of aromatic nitrogens is 1. The smallest absolute Gasteiger partial charge is 0.337 e. The summed E-state index contributed by atoms with van der Waals surface area (Å²) < 4.78 is 0. The van der Waals surface area contributed by atoms with Crippen molar-refractivity contribution in [2.24, 2.45) is 0 Å². The average molecular weight is 245 g/mol. The van der Waals surface area contributed by atoms with Crippen LogP contribution in [0.5, 0.6) is 0 Å². The molecule has 2 aromatic heterocycles. The van der Waals surface area contributed by atoms with Crippen LogP contribution in [0.3, 0.4) is 0 Å². The minimum absolute atomic E-state index is 0.347. The Morgan fingerprint density at radius 2 is 2.18 bits per heavy atom. The second kappa shape index (κ2) is 3.96. The summed E-state index contributed by atoms with van der Waals surface area (Å²) in [6.07, 6.45) is 2.11. The predicted molar refractivity (Wildman–Crippen MR) is 66.5 cm³/mol. The molecule has 0 amide bonds. The molecule has 1 aliphatic carbocycles. The zero-order valence-corrected chi connectivity index (χ0v) is 9.91. The molecule has 86 valence electrons. The summed E-state index contributed by atoms with van der Waals surface area (Å²) >= 11 is 1.62. The van der Waals surface area contributed by atoms with Crippen molar-refractivity contribution in [1.29, 1.82) is 0 Å². The molecule has 1 aliphatic rings. The first-order chi connectivity index (χ1) is 8.25. The number of rotatable bonds is 3. The lowest BCUT2D eigenvalue weighted by Gasteiger charge is -2.06. The standard InChI is InChI=1S/C13H11NO2S/c15-13(16)10-3-4-11(9-5-6-17-7-9)14-12(10)8-1-2-8/h3-8H,1-2H2,(H,15,16). The first-order valence-electron chi connectivity index (χ1n) is 5.52. The fourth-order valence-corrected chi connectivity index (χ4v) is 2.54. The van der Waals surface area contributed by atoms with Crippen LogP contribution in [-0.2, 0) is 0 Å². The molecule has 1 saturated carbocycles. The van der Waals surface area contributed by atoms with E-state index in [2.05, 4.69) is 4.98 Å². The maximum atomic E-state index is 11.1. The summed E-state index contributed by atoms with van der Waals surface area (Å²) in [5, 5.41) is 13.2.